The van der Waals surface area contributed by atoms with Crippen LogP contribution in [-0.2, 0) is 20.3 Å². The molecule has 0 atom stereocenters. The van der Waals surface area contributed by atoms with E-state index in [2.05, 4.69) is 15.9 Å². The van der Waals surface area contributed by atoms with Gasteiger partial charge < -0.3 is 9.84 Å². The molecule has 1 rings (SSSR count). The van der Waals surface area contributed by atoms with Crippen LogP contribution in [0.5, 0.6) is 0 Å². The zero-order chi connectivity index (χ0) is 13.6. The third-order valence-electron chi connectivity index (χ3n) is 2.45. The Labute approximate surface area is 116 Å². The number of rotatable bonds is 7. The Hall–Kier alpha value is -0.430. The molecule has 0 radical (unpaired) electrons. The number of aliphatic hydroxyl groups excluding tert-OH is 1. The molecule has 0 spiro atoms. The van der Waals surface area contributed by atoms with Crippen LogP contribution in [0.15, 0.2) is 22.7 Å². The van der Waals surface area contributed by atoms with Crippen molar-refractivity contribution in [1.29, 1.82) is 0 Å². The van der Waals surface area contributed by atoms with Crippen LogP contribution >= 0.6 is 15.9 Å². The Morgan fingerprint density at radius 3 is 2.67 bits per heavy atom. The van der Waals surface area contributed by atoms with Gasteiger partial charge in [-0.2, -0.15) is 0 Å². The van der Waals surface area contributed by atoms with Gasteiger partial charge in [0.1, 0.15) is 0 Å². The fraction of sp³-hybridized carbons (Fsp3) is 0.500. The Morgan fingerprint density at radius 2 is 2.06 bits per heavy atom. The van der Waals surface area contributed by atoms with E-state index >= 15 is 0 Å². The van der Waals surface area contributed by atoms with E-state index in [1.165, 1.54) is 0 Å². The molecule has 4 nitrogen and oxygen atoms in total. The molecule has 18 heavy (non-hydrogen) atoms. The number of ether oxygens (including phenoxy) is 1. The molecule has 1 N–H and O–H groups in total. The first-order valence-electron chi connectivity index (χ1n) is 5.58. The van der Waals surface area contributed by atoms with Gasteiger partial charge in [-0.1, -0.05) is 22.0 Å². The maximum absolute atomic E-state index is 11.8. The summed E-state index contributed by atoms with van der Waals surface area (Å²) in [6, 6.07) is 5.54. The minimum absolute atomic E-state index is 0.0224. The lowest BCUT2D eigenvalue weighted by atomic mass is 10.1. The van der Waals surface area contributed by atoms with Crippen LogP contribution < -0.4 is 0 Å². The van der Waals surface area contributed by atoms with E-state index in [1.807, 2.05) is 25.1 Å². The number of aryl methyl sites for hydroxylation is 1. The van der Waals surface area contributed by atoms with Gasteiger partial charge in [0.25, 0.3) is 0 Å². The Bertz CT molecular complexity index is 485. The lowest BCUT2D eigenvalue weighted by Gasteiger charge is -2.08. The summed E-state index contributed by atoms with van der Waals surface area (Å²) in [6.07, 6.45) is 0. The van der Waals surface area contributed by atoms with Gasteiger partial charge in [-0.15, -0.1) is 0 Å². The van der Waals surface area contributed by atoms with Crippen LogP contribution in [0.3, 0.4) is 0 Å². The molecular weight excluding hydrogens is 320 g/mol. The second kappa shape index (κ2) is 7.23. The molecule has 0 aliphatic heterocycles. The van der Waals surface area contributed by atoms with E-state index in [1.54, 1.807) is 0 Å². The number of benzene rings is 1. The normalized spacial score (nSPS) is 11.7. The second-order valence-corrected chi connectivity index (χ2v) is 7.10. The number of halogens is 1. The maximum atomic E-state index is 11.8. The number of aliphatic hydroxyl groups is 1. The zero-order valence-electron chi connectivity index (χ0n) is 10.2. The molecule has 0 heterocycles. The summed E-state index contributed by atoms with van der Waals surface area (Å²) in [5.41, 5.74) is 1.75. The molecule has 0 unspecified atom stereocenters. The molecule has 0 aliphatic rings. The summed E-state index contributed by atoms with van der Waals surface area (Å²) in [4.78, 5) is 0. The molecule has 0 bridgehead atoms. The van der Waals surface area contributed by atoms with Gasteiger partial charge in [-0.05, 0) is 30.2 Å². The predicted octanol–water partition coefficient (Wildman–Crippen LogP) is 1.68. The quantitative estimate of drug-likeness (QED) is 0.769. The van der Waals surface area contributed by atoms with Crippen molar-refractivity contribution in [2.24, 2.45) is 0 Å². The standard InChI is InChI=1S/C12H17BrO4S/c1-10-8-12(13)3-2-11(10)9-18(15,16)7-6-17-5-4-14/h2-3,8,14H,4-7,9H2,1H3. The van der Waals surface area contributed by atoms with Crippen molar-refractivity contribution in [1.82, 2.24) is 0 Å². The molecule has 102 valence electrons. The highest BCUT2D eigenvalue weighted by atomic mass is 79.9. The summed E-state index contributed by atoms with van der Waals surface area (Å²) < 4.78 is 29.6. The summed E-state index contributed by atoms with van der Waals surface area (Å²) in [7, 11) is -3.17. The Kier molecular flexibility index (Phi) is 6.28. The first-order chi connectivity index (χ1) is 8.44. The van der Waals surface area contributed by atoms with Gasteiger partial charge in [0.2, 0.25) is 0 Å². The lowest BCUT2D eigenvalue weighted by molar-refractivity contribution is 0.103. The van der Waals surface area contributed by atoms with E-state index in [4.69, 9.17) is 9.84 Å². The first kappa shape index (κ1) is 15.6. The Morgan fingerprint density at radius 1 is 1.33 bits per heavy atom. The van der Waals surface area contributed by atoms with Gasteiger partial charge in [0, 0.05) is 4.47 Å². The summed E-state index contributed by atoms with van der Waals surface area (Å²) in [6.45, 7) is 2.09. The third-order valence-corrected chi connectivity index (χ3v) is 4.49. The molecule has 0 aromatic heterocycles. The van der Waals surface area contributed by atoms with Crippen LogP contribution in [0.25, 0.3) is 0 Å². The van der Waals surface area contributed by atoms with Gasteiger partial charge >= 0.3 is 0 Å². The van der Waals surface area contributed by atoms with E-state index in [0.29, 0.717) is 0 Å². The molecule has 1 aromatic carbocycles. The van der Waals surface area contributed by atoms with Crippen LogP contribution in [0.4, 0.5) is 0 Å². The Balaban J connectivity index is 2.59. The van der Waals surface area contributed by atoms with Crippen molar-refractivity contribution in [3.05, 3.63) is 33.8 Å². The summed E-state index contributed by atoms with van der Waals surface area (Å²) >= 11 is 3.34. The molecular formula is C12H17BrO4S. The largest absolute Gasteiger partial charge is 0.394 e. The van der Waals surface area contributed by atoms with E-state index in [-0.39, 0.29) is 31.3 Å². The minimum atomic E-state index is -3.17. The fourth-order valence-corrected chi connectivity index (χ4v) is 3.27. The minimum Gasteiger partial charge on any atom is -0.394 e. The first-order valence-corrected chi connectivity index (χ1v) is 8.20. The highest BCUT2D eigenvalue weighted by Gasteiger charge is 2.13. The highest BCUT2D eigenvalue weighted by molar-refractivity contribution is 9.10. The van der Waals surface area contributed by atoms with Crippen molar-refractivity contribution in [2.75, 3.05) is 25.6 Å². The van der Waals surface area contributed by atoms with Crippen LogP contribution in [-0.4, -0.2) is 39.1 Å². The number of sulfone groups is 1. The second-order valence-electron chi connectivity index (χ2n) is 4.00. The fourth-order valence-electron chi connectivity index (χ4n) is 1.48. The molecule has 0 aliphatic carbocycles. The van der Waals surface area contributed by atoms with Crippen LogP contribution in [0.2, 0.25) is 0 Å². The summed E-state index contributed by atoms with van der Waals surface area (Å²) in [5.74, 6) is -0.00287. The van der Waals surface area contributed by atoms with E-state index in [9.17, 15) is 8.42 Å². The van der Waals surface area contributed by atoms with Crippen molar-refractivity contribution in [2.45, 2.75) is 12.7 Å². The van der Waals surface area contributed by atoms with Crippen LogP contribution in [0, 0.1) is 6.92 Å². The average molecular weight is 337 g/mol. The van der Waals surface area contributed by atoms with Crippen LogP contribution in [0.1, 0.15) is 11.1 Å². The van der Waals surface area contributed by atoms with Crippen molar-refractivity contribution < 1.29 is 18.3 Å². The average Bonchev–Trinajstić information content (AvgIpc) is 2.28. The molecule has 0 saturated heterocycles. The van der Waals surface area contributed by atoms with E-state index < -0.39 is 9.84 Å². The lowest BCUT2D eigenvalue weighted by Crippen LogP contribution is -2.16. The third kappa shape index (κ3) is 5.48. The molecule has 0 fully saturated rings. The number of hydrogen-bond acceptors (Lipinski definition) is 4. The maximum Gasteiger partial charge on any atom is 0.156 e. The zero-order valence-corrected chi connectivity index (χ0v) is 12.6. The monoisotopic (exact) mass is 336 g/mol. The van der Waals surface area contributed by atoms with Crippen molar-refractivity contribution >= 4 is 25.8 Å². The molecule has 0 amide bonds. The molecule has 1 aromatic rings. The molecule has 0 saturated carbocycles. The highest BCUT2D eigenvalue weighted by Crippen LogP contribution is 2.18. The number of hydrogen-bond donors (Lipinski definition) is 1. The van der Waals surface area contributed by atoms with Crippen molar-refractivity contribution in [3.63, 3.8) is 0 Å². The summed E-state index contributed by atoms with van der Waals surface area (Å²) in [5, 5.41) is 8.51. The molecule has 6 heteroatoms. The predicted molar refractivity (Wildman–Crippen MR) is 74.3 cm³/mol. The van der Waals surface area contributed by atoms with E-state index in [0.717, 1.165) is 15.6 Å². The smallest absolute Gasteiger partial charge is 0.156 e. The van der Waals surface area contributed by atoms with Gasteiger partial charge in [-0.3, -0.25) is 0 Å². The van der Waals surface area contributed by atoms with Gasteiger partial charge in [-0.25, -0.2) is 8.42 Å². The topological polar surface area (TPSA) is 63.6 Å². The van der Waals surface area contributed by atoms with Crippen molar-refractivity contribution in [3.8, 4) is 0 Å². The van der Waals surface area contributed by atoms with Gasteiger partial charge in [0.15, 0.2) is 9.84 Å². The van der Waals surface area contributed by atoms with Gasteiger partial charge in [0.05, 0.1) is 31.3 Å². The SMILES string of the molecule is Cc1cc(Br)ccc1CS(=O)(=O)CCOCCO.